The standard InChI is InChI=1S/C24H34NO6P/c1-29-23-6-4-7-24(15-23)30-17-18-8-9-20-14-21(11-10-19(20)13-18)22(16-25)5-2-3-12-31-32(26,27)28/h4,6-7,10-11,14-15,18,22H,2-3,5,8-9,12-13,16-17,25H2,1H3,(H2,26,27,28)/t18-,22+/m1/s1. The van der Waals surface area contributed by atoms with Crippen molar-refractivity contribution in [1.29, 1.82) is 0 Å². The third-order valence-corrected chi connectivity index (χ3v) is 6.57. The van der Waals surface area contributed by atoms with Gasteiger partial charge in [-0.25, -0.2) is 4.57 Å². The Morgan fingerprint density at radius 1 is 1.12 bits per heavy atom. The van der Waals surface area contributed by atoms with E-state index in [1.165, 1.54) is 16.7 Å². The van der Waals surface area contributed by atoms with Crippen molar-refractivity contribution in [3.63, 3.8) is 0 Å². The van der Waals surface area contributed by atoms with Crippen molar-refractivity contribution in [3.8, 4) is 11.5 Å². The second-order valence-corrected chi connectivity index (χ2v) is 9.62. The van der Waals surface area contributed by atoms with Gasteiger partial charge >= 0.3 is 7.82 Å². The van der Waals surface area contributed by atoms with Gasteiger partial charge in [0.25, 0.3) is 0 Å². The maximum Gasteiger partial charge on any atom is 0.469 e. The average molecular weight is 464 g/mol. The highest BCUT2D eigenvalue weighted by atomic mass is 31.2. The van der Waals surface area contributed by atoms with Crippen molar-refractivity contribution < 1.29 is 28.3 Å². The van der Waals surface area contributed by atoms with Crippen LogP contribution in [0.4, 0.5) is 0 Å². The van der Waals surface area contributed by atoms with Gasteiger partial charge in [-0.05, 0) is 79.3 Å². The number of ether oxygens (including phenoxy) is 2. The molecular formula is C24H34NO6P. The van der Waals surface area contributed by atoms with Crippen LogP contribution < -0.4 is 15.2 Å². The van der Waals surface area contributed by atoms with Gasteiger partial charge in [0, 0.05) is 6.07 Å². The third kappa shape index (κ3) is 7.61. The van der Waals surface area contributed by atoms with E-state index in [4.69, 9.17) is 25.0 Å². The fourth-order valence-electron chi connectivity index (χ4n) is 4.25. The van der Waals surface area contributed by atoms with Gasteiger partial charge in [-0.15, -0.1) is 0 Å². The molecule has 176 valence electrons. The lowest BCUT2D eigenvalue weighted by Crippen LogP contribution is -2.21. The number of aryl methyl sites for hydroxylation is 1. The molecule has 0 fully saturated rings. The summed E-state index contributed by atoms with van der Waals surface area (Å²) in [6.45, 7) is 1.30. The topological polar surface area (TPSA) is 111 Å². The molecular weight excluding hydrogens is 429 g/mol. The Labute approximate surface area is 190 Å². The first kappa shape index (κ1) is 24.7. The molecule has 0 unspecified atom stereocenters. The number of benzene rings is 2. The molecule has 8 heteroatoms. The summed E-state index contributed by atoms with van der Waals surface area (Å²) in [5.74, 6) is 2.36. The van der Waals surface area contributed by atoms with Crippen LogP contribution in [0, 0.1) is 5.92 Å². The lowest BCUT2D eigenvalue weighted by Gasteiger charge is -2.26. The van der Waals surface area contributed by atoms with Crippen LogP contribution in [0.2, 0.25) is 0 Å². The molecule has 3 rings (SSSR count). The number of phosphoric ester groups is 1. The van der Waals surface area contributed by atoms with Gasteiger partial charge < -0.3 is 25.0 Å². The fourth-order valence-corrected chi connectivity index (χ4v) is 4.62. The second kappa shape index (κ2) is 11.8. The molecule has 0 aromatic heterocycles. The highest BCUT2D eigenvalue weighted by molar-refractivity contribution is 7.46. The molecule has 1 aliphatic rings. The van der Waals surface area contributed by atoms with Crippen molar-refractivity contribution in [1.82, 2.24) is 0 Å². The molecule has 4 N–H and O–H groups in total. The largest absolute Gasteiger partial charge is 0.497 e. The van der Waals surface area contributed by atoms with Gasteiger partial charge in [0.1, 0.15) is 11.5 Å². The van der Waals surface area contributed by atoms with E-state index in [1.54, 1.807) is 7.11 Å². The Morgan fingerprint density at radius 3 is 2.69 bits per heavy atom. The molecule has 2 aromatic rings. The summed E-state index contributed by atoms with van der Waals surface area (Å²) in [6, 6.07) is 14.4. The summed E-state index contributed by atoms with van der Waals surface area (Å²) >= 11 is 0. The SMILES string of the molecule is COc1cccc(OC[C@@H]2CCc3cc([C@H](CN)CCCCOP(=O)(O)O)ccc3C2)c1. The van der Waals surface area contributed by atoms with Crippen molar-refractivity contribution >= 4 is 7.82 Å². The lowest BCUT2D eigenvalue weighted by molar-refractivity contribution is 0.193. The summed E-state index contributed by atoms with van der Waals surface area (Å²) < 4.78 is 26.5. The van der Waals surface area contributed by atoms with Crippen molar-refractivity contribution in [2.45, 2.75) is 44.4 Å². The first-order chi connectivity index (χ1) is 15.4. The highest BCUT2D eigenvalue weighted by Crippen LogP contribution is 2.36. The van der Waals surface area contributed by atoms with Crippen LogP contribution in [0.15, 0.2) is 42.5 Å². The van der Waals surface area contributed by atoms with Gasteiger partial charge in [0.05, 0.1) is 20.3 Å². The van der Waals surface area contributed by atoms with Crippen LogP contribution in [0.5, 0.6) is 11.5 Å². The van der Waals surface area contributed by atoms with E-state index in [0.29, 0.717) is 25.5 Å². The molecule has 0 radical (unpaired) electrons. The number of unbranched alkanes of at least 4 members (excludes halogenated alkanes) is 1. The molecule has 0 aliphatic heterocycles. The van der Waals surface area contributed by atoms with E-state index in [2.05, 4.69) is 22.7 Å². The predicted molar refractivity (Wildman–Crippen MR) is 124 cm³/mol. The molecule has 32 heavy (non-hydrogen) atoms. The summed E-state index contributed by atoms with van der Waals surface area (Å²) in [6.07, 6.45) is 5.41. The van der Waals surface area contributed by atoms with E-state index >= 15 is 0 Å². The summed E-state index contributed by atoms with van der Waals surface area (Å²) in [4.78, 5) is 17.5. The van der Waals surface area contributed by atoms with Crippen LogP contribution in [-0.2, 0) is 21.9 Å². The lowest BCUT2D eigenvalue weighted by atomic mass is 9.81. The van der Waals surface area contributed by atoms with Crippen LogP contribution >= 0.6 is 7.82 Å². The Kier molecular flexibility index (Phi) is 9.14. The van der Waals surface area contributed by atoms with E-state index in [9.17, 15) is 4.57 Å². The van der Waals surface area contributed by atoms with Gasteiger partial charge in [-0.3, -0.25) is 4.52 Å². The van der Waals surface area contributed by atoms with Gasteiger partial charge in [0.2, 0.25) is 0 Å². The molecule has 2 aromatic carbocycles. The maximum absolute atomic E-state index is 10.7. The number of rotatable bonds is 12. The Morgan fingerprint density at radius 2 is 1.94 bits per heavy atom. The van der Waals surface area contributed by atoms with Crippen LogP contribution in [0.3, 0.4) is 0 Å². The monoisotopic (exact) mass is 463 g/mol. The van der Waals surface area contributed by atoms with Crippen molar-refractivity contribution in [2.75, 3.05) is 26.9 Å². The zero-order valence-corrected chi connectivity index (χ0v) is 19.5. The first-order valence-electron chi connectivity index (χ1n) is 11.2. The molecule has 1 aliphatic carbocycles. The predicted octanol–water partition coefficient (Wildman–Crippen LogP) is 4.20. The quantitative estimate of drug-likeness (QED) is 0.319. The van der Waals surface area contributed by atoms with Crippen LogP contribution in [0.25, 0.3) is 0 Å². The maximum atomic E-state index is 10.7. The third-order valence-electron chi connectivity index (χ3n) is 6.05. The normalized spacial score (nSPS) is 16.9. The summed E-state index contributed by atoms with van der Waals surface area (Å²) in [7, 11) is -2.72. The molecule has 2 atom stereocenters. The first-order valence-corrected chi connectivity index (χ1v) is 12.7. The van der Waals surface area contributed by atoms with Gasteiger partial charge in [0.15, 0.2) is 0 Å². The zero-order valence-electron chi connectivity index (χ0n) is 18.6. The van der Waals surface area contributed by atoms with Crippen LogP contribution in [-0.4, -0.2) is 36.7 Å². The molecule has 0 heterocycles. The minimum absolute atomic E-state index is 0.0605. The molecule has 0 saturated carbocycles. The Balaban J connectivity index is 1.50. The number of phosphoric acid groups is 1. The fraction of sp³-hybridized carbons (Fsp3) is 0.500. The smallest absolute Gasteiger partial charge is 0.469 e. The van der Waals surface area contributed by atoms with Crippen molar-refractivity contribution in [3.05, 3.63) is 59.2 Å². The second-order valence-electron chi connectivity index (χ2n) is 8.38. The Bertz CT molecular complexity index is 915. The number of hydrogen-bond acceptors (Lipinski definition) is 5. The van der Waals surface area contributed by atoms with E-state index in [1.807, 2.05) is 24.3 Å². The number of nitrogens with two attached hydrogens (primary N) is 1. The number of methoxy groups -OCH3 is 1. The summed E-state index contributed by atoms with van der Waals surface area (Å²) in [5, 5.41) is 0. The number of fused-ring (bicyclic) bond motifs is 1. The molecule has 0 bridgehead atoms. The van der Waals surface area contributed by atoms with Gasteiger partial charge in [-0.1, -0.05) is 30.7 Å². The van der Waals surface area contributed by atoms with E-state index < -0.39 is 7.82 Å². The summed E-state index contributed by atoms with van der Waals surface area (Å²) in [5.41, 5.74) is 10.0. The molecule has 0 saturated heterocycles. The molecule has 0 spiro atoms. The van der Waals surface area contributed by atoms with E-state index in [0.717, 1.165) is 43.6 Å². The highest BCUT2D eigenvalue weighted by Gasteiger charge is 2.21. The van der Waals surface area contributed by atoms with E-state index in [-0.39, 0.29) is 12.5 Å². The zero-order chi connectivity index (χ0) is 23.0. The number of hydrogen-bond donors (Lipinski definition) is 3. The molecule has 0 amide bonds. The van der Waals surface area contributed by atoms with Crippen molar-refractivity contribution in [2.24, 2.45) is 11.7 Å². The molecule has 7 nitrogen and oxygen atoms in total. The average Bonchev–Trinajstić information content (AvgIpc) is 2.79. The minimum Gasteiger partial charge on any atom is -0.497 e. The Hall–Kier alpha value is -1.89. The minimum atomic E-state index is -4.38. The van der Waals surface area contributed by atoms with Crippen LogP contribution in [0.1, 0.15) is 48.3 Å². The van der Waals surface area contributed by atoms with Gasteiger partial charge in [-0.2, -0.15) is 0 Å².